The van der Waals surface area contributed by atoms with Gasteiger partial charge < -0.3 is 4.57 Å². The molecule has 2 heterocycles. The number of hydrogen-bond donors (Lipinski definition) is 0. The van der Waals surface area contributed by atoms with Gasteiger partial charge in [0.2, 0.25) is 0 Å². The van der Waals surface area contributed by atoms with E-state index in [2.05, 4.69) is 35.3 Å². The highest BCUT2D eigenvalue weighted by molar-refractivity contribution is 6.16. The Morgan fingerprint density at radius 2 is 2.06 bits per heavy atom. The molecule has 3 nitrogen and oxygen atoms in total. The van der Waals surface area contributed by atoms with Crippen LogP contribution in [-0.2, 0) is 5.88 Å². The first-order valence-electron chi connectivity index (χ1n) is 6.51. The lowest BCUT2D eigenvalue weighted by molar-refractivity contribution is 0.438. The van der Waals surface area contributed by atoms with Gasteiger partial charge in [-0.15, -0.1) is 11.6 Å². The molecule has 0 spiro atoms. The van der Waals surface area contributed by atoms with Crippen LogP contribution in [0.4, 0.5) is 0 Å². The van der Waals surface area contributed by atoms with E-state index < -0.39 is 0 Å². The molecule has 2 aromatic heterocycles. The number of halogens is 1. The van der Waals surface area contributed by atoms with Crippen molar-refractivity contribution in [3.05, 3.63) is 24.2 Å². The van der Waals surface area contributed by atoms with Crippen molar-refractivity contribution in [2.45, 2.75) is 45.5 Å². The predicted octanol–water partition coefficient (Wildman–Crippen LogP) is 4.17. The molecule has 0 saturated carbocycles. The van der Waals surface area contributed by atoms with Crippen LogP contribution in [0.25, 0.3) is 11.2 Å². The number of pyridine rings is 1. The molecular formula is C14H20ClN3. The average molecular weight is 266 g/mol. The third-order valence-corrected chi connectivity index (χ3v) is 3.48. The summed E-state index contributed by atoms with van der Waals surface area (Å²) in [5, 5.41) is 0. The Bertz CT molecular complexity index is 519. The largest absolute Gasteiger partial charge is 0.309 e. The summed E-state index contributed by atoms with van der Waals surface area (Å²) in [4.78, 5) is 8.99. The van der Waals surface area contributed by atoms with Crippen molar-refractivity contribution in [3.8, 4) is 0 Å². The van der Waals surface area contributed by atoms with E-state index in [1.807, 2.05) is 18.3 Å². The van der Waals surface area contributed by atoms with Gasteiger partial charge in [0, 0.05) is 12.2 Å². The maximum atomic E-state index is 6.00. The fourth-order valence-corrected chi connectivity index (χ4v) is 2.43. The normalized spacial score (nSPS) is 13.4. The van der Waals surface area contributed by atoms with Gasteiger partial charge in [-0.1, -0.05) is 13.8 Å². The SMILES string of the molecule is CC(C)CCC(C)n1c(CCl)nc2cccnc21. The minimum absolute atomic E-state index is 0.390. The van der Waals surface area contributed by atoms with Crippen LogP contribution in [0.3, 0.4) is 0 Å². The molecule has 1 unspecified atom stereocenters. The minimum atomic E-state index is 0.390. The summed E-state index contributed by atoms with van der Waals surface area (Å²) in [6.45, 7) is 6.72. The standard InChI is InChI=1S/C14H20ClN3/c1-10(2)6-7-11(3)18-13(9-15)17-12-5-4-8-16-14(12)18/h4-5,8,10-11H,6-7,9H2,1-3H3. The van der Waals surface area contributed by atoms with Crippen molar-refractivity contribution < 1.29 is 0 Å². The fourth-order valence-electron chi connectivity index (χ4n) is 2.24. The second-order valence-corrected chi connectivity index (χ2v) is 5.47. The van der Waals surface area contributed by atoms with Gasteiger partial charge in [0.1, 0.15) is 11.3 Å². The van der Waals surface area contributed by atoms with Crippen molar-refractivity contribution in [2.24, 2.45) is 5.92 Å². The van der Waals surface area contributed by atoms with Gasteiger partial charge in [0.05, 0.1) is 5.88 Å². The lowest BCUT2D eigenvalue weighted by Gasteiger charge is -2.17. The van der Waals surface area contributed by atoms with Gasteiger partial charge in [-0.05, 0) is 37.8 Å². The Morgan fingerprint density at radius 1 is 1.28 bits per heavy atom. The van der Waals surface area contributed by atoms with Crippen LogP contribution in [-0.4, -0.2) is 14.5 Å². The van der Waals surface area contributed by atoms with Crippen molar-refractivity contribution in [1.82, 2.24) is 14.5 Å². The number of aromatic nitrogens is 3. The molecule has 0 aliphatic heterocycles. The summed E-state index contributed by atoms with van der Waals surface area (Å²) in [6, 6.07) is 4.29. The second kappa shape index (κ2) is 5.70. The van der Waals surface area contributed by atoms with Crippen molar-refractivity contribution in [3.63, 3.8) is 0 Å². The van der Waals surface area contributed by atoms with E-state index in [1.54, 1.807) is 0 Å². The Kier molecular flexibility index (Phi) is 4.23. The van der Waals surface area contributed by atoms with Gasteiger partial charge in [-0.25, -0.2) is 9.97 Å². The first kappa shape index (κ1) is 13.3. The van der Waals surface area contributed by atoms with Crippen LogP contribution in [0.1, 0.15) is 45.5 Å². The molecule has 0 saturated heterocycles. The van der Waals surface area contributed by atoms with Crippen molar-refractivity contribution in [1.29, 1.82) is 0 Å². The topological polar surface area (TPSA) is 30.7 Å². The smallest absolute Gasteiger partial charge is 0.160 e. The molecule has 1 atom stereocenters. The van der Waals surface area contributed by atoms with Crippen LogP contribution < -0.4 is 0 Å². The molecule has 0 bridgehead atoms. The number of fused-ring (bicyclic) bond motifs is 1. The molecular weight excluding hydrogens is 246 g/mol. The Balaban J connectivity index is 2.35. The maximum absolute atomic E-state index is 6.00. The monoisotopic (exact) mass is 265 g/mol. The lowest BCUT2D eigenvalue weighted by atomic mass is 10.0. The van der Waals surface area contributed by atoms with Crippen LogP contribution in [0.5, 0.6) is 0 Å². The quantitative estimate of drug-likeness (QED) is 0.760. The summed E-state index contributed by atoms with van der Waals surface area (Å²) in [5.74, 6) is 2.07. The molecule has 0 fully saturated rings. The van der Waals surface area contributed by atoms with E-state index in [0.717, 1.165) is 29.3 Å². The highest BCUT2D eigenvalue weighted by atomic mass is 35.5. The molecule has 0 radical (unpaired) electrons. The highest BCUT2D eigenvalue weighted by Crippen LogP contribution is 2.24. The van der Waals surface area contributed by atoms with E-state index in [4.69, 9.17) is 11.6 Å². The maximum Gasteiger partial charge on any atom is 0.160 e. The molecule has 0 aliphatic rings. The molecule has 18 heavy (non-hydrogen) atoms. The number of imidazole rings is 1. The van der Waals surface area contributed by atoms with Crippen LogP contribution in [0, 0.1) is 5.92 Å². The van der Waals surface area contributed by atoms with Gasteiger partial charge in [0.25, 0.3) is 0 Å². The molecule has 0 aliphatic carbocycles. The van der Waals surface area contributed by atoms with Gasteiger partial charge >= 0.3 is 0 Å². The zero-order valence-electron chi connectivity index (χ0n) is 11.2. The zero-order chi connectivity index (χ0) is 13.1. The van der Waals surface area contributed by atoms with Gasteiger partial charge in [0.15, 0.2) is 5.65 Å². The van der Waals surface area contributed by atoms with E-state index >= 15 is 0 Å². The summed E-state index contributed by atoms with van der Waals surface area (Å²) in [6.07, 6.45) is 4.15. The fraction of sp³-hybridized carbons (Fsp3) is 0.571. The molecule has 0 amide bonds. The first-order valence-corrected chi connectivity index (χ1v) is 7.04. The summed E-state index contributed by atoms with van der Waals surface area (Å²) >= 11 is 6.00. The molecule has 2 rings (SSSR count). The summed E-state index contributed by atoms with van der Waals surface area (Å²) in [5.41, 5.74) is 1.88. The second-order valence-electron chi connectivity index (χ2n) is 5.20. The van der Waals surface area contributed by atoms with Gasteiger partial charge in [-0.3, -0.25) is 0 Å². The van der Waals surface area contributed by atoms with E-state index in [-0.39, 0.29) is 0 Å². The van der Waals surface area contributed by atoms with E-state index in [1.165, 1.54) is 6.42 Å². The number of nitrogens with zero attached hydrogens (tertiary/aromatic N) is 3. The number of hydrogen-bond acceptors (Lipinski definition) is 2. The Morgan fingerprint density at radius 3 is 2.72 bits per heavy atom. The number of alkyl halides is 1. The third kappa shape index (κ3) is 2.66. The average Bonchev–Trinajstić information content (AvgIpc) is 2.74. The van der Waals surface area contributed by atoms with Crippen molar-refractivity contribution in [2.75, 3.05) is 0 Å². The molecule has 0 aromatic carbocycles. The van der Waals surface area contributed by atoms with Gasteiger partial charge in [-0.2, -0.15) is 0 Å². The van der Waals surface area contributed by atoms with Crippen molar-refractivity contribution >= 4 is 22.8 Å². The molecule has 98 valence electrons. The van der Waals surface area contributed by atoms with E-state index in [0.29, 0.717) is 11.9 Å². The summed E-state index contributed by atoms with van der Waals surface area (Å²) in [7, 11) is 0. The van der Waals surface area contributed by atoms with E-state index in [9.17, 15) is 0 Å². The van der Waals surface area contributed by atoms with Crippen LogP contribution in [0.2, 0.25) is 0 Å². The van der Waals surface area contributed by atoms with Crippen LogP contribution >= 0.6 is 11.6 Å². The molecule has 0 N–H and O–H groups in total. The predicted molar refractivity (Wildman–Crippen MR) is 75.9 cm³/mol. The first-order chi connectivity index (χ1) is 8.63. The third-order valence-electron chi connectivity index (χ3n) is 3.24. The van der Waals surface area contributed by atoms with Crippen LogP contribution in [0.15, 0.2) is 18.3 Å². The Labute approximate surface area is 113 Å². The summed E-state index contributed by atoms with van der Waals surface area (Å²) < 4.78 is 2.19. The lowest BCUT2D eigenvalue weighted by Crippen LogP contribution is -2.10. The highest BCUT2D eigenvalue weighted by Gasteiger charge is 2.16. The molecule has 2 aromatic rings. The Hall–Kier alpha value is -1.09. The zero-order valence-corrected chi connectivity index (χ0v) is 12.0. The number of rotatable bonds is 5. The minimum Gasteiger partial charge on any atom is -0.309 e. The molecule has 4 heteroatoms.